The summed E-state index contributed by atoms with van der Waals surface area (Å²) in [5, 5.41) is 2.15. The summed E-state index contributed by atoms with van der Waals surface area (Å²) in [6.45, 7) is -0.114. The van der Waals surface area contributed by atoms with E-state index in [0.29, 0.717) is 12.1 Å². The number of hydrogen-bond donors (Lipinski definition) is 2. The average molecular weight is 394 g/mol. The minimum absolute atomic E-state index is 0.00827. The van der Waals surface area contributed by atoms with E-state index in [1.807, 2.05) is 0 Å². The van der Waals surface area contributed by atoms with Crippen molar-refractivity contribution in [3.8, 4) is 0 Å². The lowest BCUT2D eigenvalue weighted by atomic mass is 10.2. The summed E-state index contributed by atoms with van der Waals surface area (Å²) < 4.78 is 63.8. The van der Waals surface area contributed by atoms with Crippen LogP contribution in [0, 0.1) is 0 Å². The number of hydrogen-bond acceptors (Lipinski definition) is 4. The van der Waals surface area contributed by atoms with Crippen LogP contribution < -0.4 is 11.1 Å². The van der Waals surface area contributed by atoms with Gasteiger partial charge in [-0.05, 0) is 24.3 Å². The van der Waals surface area contributed by atoms with Gasteiger partial charge in [0.2, 0.25) is 15.9 Å². The fourth-order valence-corrected chi connectivity index (χ4v) is 3.84. The molecule has 12 heteroatoms. The van der Waals surface area contributed by atoms with Gasteiger partial charge in [-0.25, -0.2) is 13.2 Å². The molecular weight excluding hydrogens is 377 g/mol. The summed E-state index contributed by atoms with van der Waals surface area (Å²) in [6, 6.07) is 2.39. The summed E-state index contributed by atoms with van der Waals surface area (Å²) in [7, 11) is -3.96. The number of halogens is 3. The predicted molar refractivity (Wildman–Crippen MR) is 84.4 cm³/mol. The number of carbonyl (C=O) groups is 2. The number of amides is 3. The number of benzene rings is 1. The first-order valence-electron chi connectivity index (χ1n) is 7.50. The topological polar surface area (TPSA) is 113 Å². The highest BCUT2D eigenvalue weighted by molar-refractivity contribution is 7.89. The largest absolute Gasteiger partial charge is 0.416 e. The van der Waals surface area contributed by atoms with Gasteiger partial charge in [0.25, 0.3) is 0 Å². The molecule has 0 aromatic heterocycles. The molecule has 8 nitrogen and oxygen atoms in total. The molecule has 0 saturated carbocycles. The predicted octanol–water partition coefficient (Wildman–Crippen LogP) is 0.207. The Labute approximate surface area is 147 Å². The lowest BCUT2D eigenvalue weighted by Crippen LogP contribution is -2.52. The Morgan fingerprint density at radius 2 is 1.62 bits per heavy atom. The first kappa shape index (κ1) is 20.0. The maximum atomic E-state index is 12.6. The molecule has 1 saturated heterocycles. The number of carbonyl (C=O) groups excluding carboxylic acids is 2. The first-order valence-corrected chi connectivity index (χ1v) is 8.94. The van der Waals surface area contributed by atoms with Crippen molar-refractivity contribution in [2.24, 2.45) is 5.73 Å². The zero-order valence-corrected chi connectivity index (χ0v) is 14.3. The fraction of sp³-hybridized carbons (Fsp3) is 0.429. The summed E-state index contributed by atoms with van der Waals surface area (Å²) in [4.78, 5) is 23.6. The summed E-state index contributed by atoms with van der Waals surface area (Å²) in [5.74, 6) is -0.407. The first-order chi connectivity index (χ1) is 12.0. The van der Waals surface area contributed by atoms with Gasteiger partial charge in [0.15, 0.2) is 0 Å². The maximum absolute atomic E-state index is 12.6. The third-order valence-corrected chi connectivity index (χ3v) is 5.74. The summed E-state index contributed by atoms with van der Waals surface area (Å²) in [6.07, 6.45) is -4.55. The van der Waals surface area contributed by atoms with Crippen LogP contribution in [0.3, 0.4) is 0 Å². The van der Waals surface area contributed by atoms with Crippen molar-refractivity contribution in [1.29, 1.82) is 0 Å². The van der Waals surface area contributed by atoms with E-state index in [9.17, 15) is 31.2 Å². The second kappa shape index (κ2) is 7.50. The Balaban J connectivity index is 2.01. The normalized spacial score (nSPS) is 16.3. The second-order valence-electron chi connectivity index (χ2n) is 5.52. The van der Waals surface area contributed by atoms with Gasteiger partial charge in [0, 0.05) is 26.2 Å². The second-order valence-corrected chi connectivity index (χ2v) is 7.46. The molecule has 1 aliphatic rings. The van der Waals surface area contributed by atoms with Crippen LogP contribution in [0.4, 0.5) is 18.0 Å². The molecule has 1 heterocycles. The van der Waals surface area contributed by atoms with E-state index in [2.05, 4.69) is 5.32 Å². The Kier molecular flexibility index (Phi) is 5.76. The van der Waals surface area contributed by atoms with Gasteiger partial charge in [0.1, 0.15) is 0 Å². The maximum Gasteiger partial charge on any atom is 0.416 e. The van der Waals surface area contributed by atoms with E-state index in [1.54, 1.807) is 0 Å². The Bertz CT molecular complexity index is 772. The molecule has 3 amide bonds. The monoisotopic (exact) mass is 394 g/mol. The Morgan fingerprint density at radius 3 is 2.08 bits per heavy atom. The number of nitrogens with two attached hydrogens (primary N) is 1. The average Bonchev–Trinajstić information content (AvgIpc) is 2.59. The van der Waals surface area contributed by atoms with Crippen LogP contribution in [0.2, 0.25) is 0 Å². The number of urea groups is 1. The van der Waals surface area contributed by atoms with Crippen molar-refractivity contribution in [3.63, 3.8) is 0 Å². The molecule has 3 N–H and O–H groups in total. The van der Waals surface area contributed by atoms with Crippen LogP contribution in [0.25, 0.3) is 0 Å². The number of piperazine rings is 1. The lowest BCUT2D eigenvalue weighted by molar-refractivity contribution is -0.137. The van der Waals surface area contributed by atoms with Gasteiger partial charge in [-0.15, -0.1) is 0 Å². The Hall–Kier alpha value is -2.34. The number of alkyl halides is 3. The summed E-state index contributed by atoms with van der Waals surface area (Å²) in [5.41, 5.74) is 3.94. The molecule has 2 rings (SSSR count). The van der Waals surface area contributed by atoms with E-state index in [4.69, 9.17) is 5.73 Å². The number of rotatable bonds is 4. The molecule has 0 atom stereocenters. The van der Waals surface area contributed by atoms with Crippen molar-refractivity contribution in [2.75, 3.05) is 32.7 Å². The van der Waals surface area contributed by atoms with Gasteiger partial charge in [-0.2, -0.15) is 17.5 Å². The van der Waals surface area contributed by atoms with E-state index in [1.165, 1.54) is 4.90 Å². The van der Waals surface area contributed by atoms with Gasteiger partial charge >= 0.3 is 12.2 Å². The van der Waals surface area contributed by atoms with Crippen LogP contribution in [0.1, 0.15) is 5.56 Å². The quantitative estimate of drug-likeness (QED) is 0.760. The SMILES string of the molecule is NC(=O)NCC(=O)N1CCN(S(=O)(=O)c2ccc(C(F)(F)F)cc2)CC1. The van der Waals surface area contributed by atoms with Gasteiger partial charge in [-0.3, -0.25) is 4.79 Å². The fourth-order valence-electron chi connectivity index (χ4n) is 2.42. The van der Waals surface area contributed by atoms with Crippen LogP contribution >= 0.6 is 0 Å². The standard InChI is InChI=1S/C14H17F3N4O4S/c15-14(16,17)10-1-3-11(4-2-10)26(24,25)21-7-5-20(6-8-21)12(22)9-19-13(18)23/h1-4H,5-9H2,(H3,18,19,23). The Morgan fingerprint density at radius 1 is 1.08 bits per heavy atom. The molecule has 0 radical (unpaired) electrons. The summed E-state index contributed by atoms with van der Waals surface area (Å²) >= 11 is 0. The molecule has 0 bridgehead atoms. The molecule has 1 aromatic carbocycles. The molecule has 0 spiro atoms. The molecule has 1 fully saturated rings. The van der Waals surface area contributed by atoms with Gasteiger partial charge < -0.3 is 16.0 Å². The van der Waals surface area contributed by atoms with Crippen LogP contribution in [0.15, 0.2) is 29.2 Å². The smallest absolute Gasteiger partial charge is 0.352 e. The van der Waals surface area contributed by atoms with E-state index in [0.717, 1.165) is 16.4 Å². The lowest BCUT2D eigenvalue weighted by Gasteiger charge is -2.34. The number of nitrogens with one attached hydrogen (secondary N) is 1. The van der Waals surface area contributed by atoms with Crippen molar-refractivity contribution < 1.29 is 31.2 Å². The highest BCUT2D eigenvalue weighted by atomic mass is 32.2. The zero-order valence-electron chi connectivity index (χ0n) is 13.5. The van der Waals surface area contributed by atoms with Crippen molar-refractivity contribution >= 4 is 22.0 Å². The third-order valence-electron chi connectivity index (χ3n) is 3.82. The molecule has 144 valence electrons. The van der Waals surface area contributed by atoms with E-state index < -0.39 is 33.7 Å². The molecule has 0 aliphatic carbocycles. The van der Waals surface area contributed by atoms with Crippen molar-refractivity contribution in [3.05, 3.63) is 29.8 Å². The van der Waals surface area contributed by atoms with Crippen molar-refractivity contribution in [2.45, 2.75) is 11.1 Å². The van der Waals surface area contributed by atoms with Crippen molar-refractivity contribution in [1.82, 2.24) is 14.5 Å². The van der Waals surface area contributed by atoms with Gasteiger partial charge in [-0.1, -0.05) is 0 Å². The molecular formula is C14H17F3N4O4S. The molecule has 0 unspecified atom stereocenters. The minimum atomic E-state index is -4.55. The zero-order chi connectivity index (χ0) is 19.5. The van der Waals surface area contributed by atoms with Crippen LogP contribution in [-0.4, -0.2) is 62.3 Å². The minimum Gasteiger partial charge on any atom is -0.352 e. The highest BCUT2D eigenvalue weighted by Crippen LogP contribution is 2.30. The third kappa shape index (κ3) is 4.64. The van der Waals surface area contributed by atoms with E-state index in [-0.39, 0.29) is 37.6 Å². The molecule has 26 heavy (non-hydrogen) atoms. The van der Waals surface area contributed by atoms with Crippen LogP contribution in [-0.2, 0) is 21.0 Å². The van der Waals surface area contributed by atoms with Gasteiger partial charge in [0.05, 0.1) is 17.0 Å². The van der Waals surface area contributed by atoms with Crippen LogP contribution in [0.5, 0.6) is 0 Å². The highest BCUT2D eigenvalue weighted by Gasteiger charge is 2.33. The number of sulfonamides is 1. The molecule has 1 aromatic rings. The number of nitrogens with zero attached hydrogens (tertiary/aromatic N) is 2. The number of primary amides is 1. The van der Waals surface area contributed by atoms with E-state index >= 15 is 0 Å². The molecule has 1 aliphatic heterocycles.